The number of rotatable bonds is 3. The van der Waals surface area contributed by atoms with Crippen LogP contribution in [0.2, 0.25) is 0 Å². The standard InChI is InChI=1S/C14H21N3O/c1-3-16-14(18)10(2)17-8-7-11-5-4-6-13(15)12(11)9-17/h4-6,10H,3,7-9,15H2,1-2H3,(H,16,18). The summed E-state index contributed by atoms with van der Waals surface area (Å²) in [4.78, 5) is 14.0. The van der Waals surface area contributed by atoms with Gasteiger partial charge in [0.25, 0.3) is 0 Å². The normalized spacial score (nSPS) is 17.0. The first-order valence-electron chi connectivity index (χ1n) is 6.51. The number of anilines is 1. The number of nitrogens with two attached hydrogens (primary N) is 1. The Labute approximate surface area is 108 Å². The molecule has 1 unspecified atom stereocenters. The van der Waals surface area contributed by atoms with Gasteiger partial charge in [-0.25, -0.2) is 0 Å². The van der Waals surface area contributed by atoms with Crippen LogP contribution in [0.1, 0.15) is 25.0 Å². The number of nitrogens with zero attached hydrogens (tertiary/aromatic N) is 1. The second-order valence-electron chi connectivity index (χ2n) is 4.78. The molecule has 0 saturated heterocycles. The Morgan fingerprint density at radius 1 is 1.56 bits per heavy atom. The summed E-state index contributed by atoms with van der Waals surface area (Å²) in [6.45, 7) is 6.24. The molecule has 1 aliphatic heterocycles. The van der Waals surface area contributed by atoms with Crippen LogP contribution in [-0.4, -0.2) is 29.9 Å². The highest BCUT2D eigenvalue weighted by Gasteiger charge is 2.25. The van der Waals surface area contributed by atoms with E-state index in [1.165, 1.54) is 11.1 Å². The van der Waals surface area contributed by atoms with Crippen molar-refractivity contribution in [1.29, 1.82) is 0 Å². The molecule has 1 aliphatic rings. The molecule has 0 fully saturated rings. The highest BCUT2D eigenvalue weighted by molar-refractivity contribution is 5.81. The Kier molecular flexibility index (Phi) is 3.87. The van der Waals surface area contributed by atoms with Gasteiger partial charge in [0.1, 0.15) is 0 Å². The summed E-state index contributed by atoms with van der Waals surface area (Å²) in [6.07, 6.45) is 0.962. The molecule has 1 heterocycles. The molecule has 98 valence electrons. The monoisotopic (exact) mass is 247 g/mol. The first-order valence-corrected chi connectivity index (χ1v) is 6.51. The number of nitrogens with one attached hydrogen (secondary N) is 1. The molecule has 1 atom stereocenters. The minimum absolute atomic E-state index is 0.0930. The Balaban J connectivity index is 2.12. The van der Waals surface area contributed by atoms with E-state index in [2.05, 4.69) is 16.3 Å². The second-order valence-corrected chi connectivity index (χ2v) is 4.78. The molecule has 0 radical (unpaired) electrons. The van der Waals surface area contributed by atoms with Gasteiger partial charge in [0.15, 0.2) is 0 Å². The van der Waals surface area contributed by atoms with Crippen LogP contribution >= 0.6 is 0 Å². The summed E-state index contributed by atoms with van der Waals surface area (Å²) < 4.78 is 0. The Morgan fingerprint density at radius 3 is 3.06 bits per heavy atom. The van der Waals surface area contributed by atoms with E-state index in [9.17, 15) is 4.79 Å². The van der Waals surface area contributed by atoms with Gasteiger partial charge in [0.2, 0.25) is 5.91 Å². The first-order chi connectivity index (χ1) is 8.63. The summed E-state index contributed by atoms with van der Waals surface area (Å²) in [5, 5.41) is 2.87. The number of carbonyl (C=O) groups excluding carboxylic acids is 1. The van der Waals surface area contributed by atoms with Crippen LogP contribution in [0.25, 0.3) is 0 Å². The SMILES string of the molecule is CCNC(=O)C(C)N1CCc2cccc(N)c2C1. The number of hydrogen-bond donors (Lipinski definition) is 2. The van der Waals surface area contributed by atoms with Crippen molar-refractivity contribution in [3.05, 3.63) is 29.3 Å². The number of nitrogen functional groups attached to an aromatic ring is 1. The van der Waals surface area contributed by atoms with Crippen molar-refractivity contribution in [3.8, 4) is 0 Å². The van der Waals surface area contributed by atoms with E-state index in [0.717, 1.165) is 25.2 Å². The van der Waals surface area contributed by atoms with Gasteiger partial charge in [-0.15, -0.1) is 0 Å². The molecule has 0 aliphatic carbocycles. The van der Waals surface area contributed by atoms with Crippen LogP contribution in [0.3, 0.4) is 0 Å². The molecule has 1 aromatic carbocycles. The van der Waals surface area contributed by atoms with E-state index in [1.54, 1.807) is 0 Å². The number of carbonyl (C=O) groups is 1. The molecule has 2 rings (SSSR count). The van der Waals surface area contributed by atoms with Crippen molar-refractivity contribution >= 4 is 11.6 Å². The zero-order chi connectivity index (χ0) is 13.1. The Hall–Kier alpha value is -1.55. The minimum Gasteiger partial charge on any atom is -0.398 e. The van der Waals surface area contributed by atoms with Gasteiger partial charge < -0.3 is 11.1 Å². The maximum atomic E-state index is 11.9. The zero-order valence-corrected chi connectivity index (χ0v) is 11.1. The average molecular weight is 247 g/mol. The Morgan fingerprint density at radius 2 is 2.33 bits per heavy atom. The topological polar surface area (TPSA) is 58.4 Å². The van der Waals surface area contributed by atoms with Crippen LogP contribution in [0.5, 0.6) is 0 Å². The molecular weight excluding hydrogens is 226 g/mol. The lowest BCUT2D eigenvalue weighted by Crippen LogP contribution is -2.47. The van der Waals surface area contributed by atoms with Crippen molar-refractivity contribution in [3.63, 3.8) is 0 Å². The van der Waals surface area contributed by atoms with Gasteiger partial charge >= 0.3 is 0 Å². The van der Waals surface area contributed by atoms with E-state index in [4.69, 9.17) is 5.73 Å². The van der Waals surface area contributed by atoms with Crippen molar-refractivity contribution in [1.82, 2.24) is 10.2 Å². The lowest BCUT2D eigenvalue weighted by atomic mass is 9.97. The molecule has 4 nitrogen and oxygen atoms in total. The minimum atomic E-state index is -0.0993. The first kappa shape index (κ1) is 12.9. The van der Waals surface area contributed by atoms with Gasteiger partial charge in [-0.1, -0.05) is 12.1 Å². The van der Waals surface area contributed by atoms with Gasteiger partial charge in [-0.2, -0.15) is 0 Å². The number of amides is 1. The molecule has 1 amide bonds. The quantitative estimate of drug-likeness (QED) is 0.788. The molecule has 0 bridgehead atoms. The van der Waals surface area contributed by atoms with E-state index in [0.29, 0.717) is 6.54 Å². The fourth-order valence-electron chi connectivity index (χ4n) is 2.45. The fourth-order valence-corrected chi connectivity index (χ4v) is 2.45. The van der Waals surface area contributed by atoms with Crippen LogP contribution in [-0.2, 0) is 17.8 Å². The average Bonchev–Trinajstić information content (AvgIpc) is 2.38. The van der Waals surface area contributed by atoms with Crippen molar-refractivity contribution in [2.75, 3.05) is 18.8 Å². The van der Waals surface area contributed by atoms with E-state index in [1.807, 2.05) is 26.0 Å². The predicted molar refractivity (Wildman–Crippen MR) is 73.1 cm³/mol. The number of benzene rings is 1. The van der Waals surface area contributed by atoms with E-state index in [-0.39, 0.29) is 11.9 Å². The fraction of sp³-hybridized carbons (Fsp3) is 0.500. The molecule has 1 aromatic rings. The van der Waals surface area contributed by atoms with E-state index >= 15 is 0 Å². The molecule has 18 heavy (non-hydrogen) atoms. The van der Waals surface area contributed by atoms with Crippen molar-refractivity contribution < 1.29 is 4.79 Å². The summed E-state index contributed by atoms with van der Waals surface area (Å²) >= 11 is 0. The molecule has 0 aromatic heterocycles. The maximum absolute atomic E-state index is 11.9. The van der Waals surface area contributed by atoms with Gasteiger partial charge in [-0.3, -0.25) is 9.69 Å². The number of fused-ring (bicyclic) bond motifs is 1. The molecule has 4 heteroatoms. The van der Waals surface area contributed by atoms with Crippen LogP contribution in [0.15, 0.2) is 18.2 Å². The highest BCUT2D eigenvalue weighted by Crippen LogP contribution is 2.25. The second kappa shape index (κ2) is 5.40. The van der Waals surface area contributed by atoms with Crippen LogP contribution in [0, 0.1) is 0 Å². The zero-order valence-electron chi connectivity index (χ0n) is 11.1. The van der Waals surface area contributed by atoms with Gasteiger partial charge in [-0.05, 0) is 37.5 Å². The van der Waals surface area contributed by atoms with E-state index < -0.39 is 0 Å². The summed E-state index contributed by atoms with van der Waals surface area (Å²) in [5.41, 5.74) is 9.34. The number of hydrogen-bond acceptors (Lipinski definition) is 3. The molecule has 3 N–H and O–H groups in total. The van der Waals surface area contributed by atoms with Gasteiger partial charge in [0.05, 0.1) is 6.04 Å². The molecular formula is C14H21N3O. The summed E-state index contributed by atoms with van der Waals surface area (Å²) in [5.74, 6) is 0.0930. The lowest BCUT2D eigenvalue weighted by Gasteiger charge is -2.33. The third kappa shape index (κ3) is 2.48. The summed E-state index contributed by atoms with van der Waals surface area (Å²) in [6, 6.07) is 5.95. The smallest absolute Gasteiger partial charge is 0.237 e. The largest absolute Gasteiger partial charge is 0.398 e. The Bertz CT molecular complexity index is 445. The molecule has 0 spiro atoms. The van der Waals surface area contributed by atoms with Crippen molar-refractivity contribution in [2.45, 2.75) is 32.9 Å². The number of likely N-dealkylation sites (N-methyl/N-ethyl adjacent to an activating group) is 1. The third-order valence-corrected chi connectivity index (χ3v) is 3.62. The lowest BCUT2D eigenvalue weighted by molar-refractivity contribution is -0.126. The highest BCUT2D eigenvalue weighted by atomic mass is 16.2. The van der Waals surface area contributed by atoms with Crippen LogP contribution < -0.4 is 11.1 Å². The predicted octanol–water partition coefficient (Wildman–Crippen LogP) is 1.15. The van der Waals surface area contributed by atoms with Gasteiger partial charge in [0, 0.05) is 25.3 Å². The molecule has 0 saturated carbocycles. The maximum Gasteiger partial charge on any atom is 0.237 e. The van der Waals surface area contributed by atoms with Crippen LogP contribution in [0.4, 0.5) is 5.69 Å². The summed E-state index contributed by atoms with van der Waals surface area (Å²) in [7, 11) is 0. The third-order valence-electron chi connectivity index (χ3n) is 3.62. The van der Waals surface area contributed by atoms with Crippen molar-refractivity contribution in [2.24, 2.45) is 0 Å².